The molecular formula is C53H43N5. The van der Waals surface area contributed by atoms with E-state index in [1.807, 2.05) is 0 Å². The quantitative estimate of drug-likeness (QED) is 0.175. The highest BCUT2D eigenvalue weighted by Gasteiger charge is 2.29. The van der Waals surface area contributed by atoms with E-state index in [4.69, 9.17) is 9.98 Å². The topological polar surface area (TPSA) is 46.6 Å². The summed E-state index contributed by atoms with van der Waals surface area (Å²) in [6, 6.07) is 42.8. The molecule has 0 radical (unpaired) electrons. The van der Waals surface area contributed by atoms with Gasteiger partial charge in [-0.1, -0.05) is 115 Å². The van der Waals surface area contributed by atoms with E-state index in [0.717, 1.165) is 49.3 Å². The van der Waals surface area contributed by atoms with Crippen LogP contribution in [0.4, 0.5) is 0 Å². The van der Waals surface area contributed by atoms with Crippen LogP contribution in [0, 0.1) is 11.8 Å². The Hall–Kier alpha value is -6.72. The number of rotatable bonds is 5. The number of nitrogens with one attached hydrogen (secondary N) is 1. The molecule has 5 nitrogen and oxygen atoms in total. The van der Waals surface area contributed by atoms with Crippen molar-refractivity contribution in [2.24, 2.45) is 21.8 Å². The average molecular weight is 750 g/mol. The second-order valence-corrected chi connectivity index (χ2v) is 16.3. The van der Waals surface area contributed by atoms with Gasteiger partial charge >= 0.3 is 0 Å². The predicted octanol–water partition coefficient (Wildman–Crippen LogP) is 12.6. The van der Waals surface area contributed by atoms with E-state index in [1.54, 1.807) is 0 Å². The zero-order chi connectivity index (χ0) is 38.2. The van der Waals surface area contributed by atoms with E-state index in [0.29, 0.717) is 5.92 Å². The van der Waals surface area contributed by atoms with Crippen LogP contribution in [0.15, 0.2) is 168 Å². The highest BCUT2D eigenvalue weighted by Crippen LogP contribution is 2.40. The standard InChI is InChI=1S/C53H43N5/c1-3-15-34(16-4-1)51-54-52(35-17-5-2-6-18-35)56-53(55-51)44-29-30-49(40-20-8-7-19-39(40)44)58-48-26-14-11-23-43(48)45-32-37-31-38(28-27-36(37)33-50(45)58)57-46-24-12-9-21-41(46)42-22-10-13-25-47(42)57/h1,3-5,7-13,15,17,19-25,27-35,52H,2,6,14,16,18,26H2,(H,54,55,56). The van der Waals surface area contributed by atoms with Crippen LogP contribution in [0.5, 0.6) is 0 Å². The molecule has 8 aromatic rings. The monoisotopic (exact) mass is 749 g/mol. The van der Waals surface area contributed by atoms with Gasteiger partial charge in [-0.25, -0.2) is 9.98 Å². The molecule has 0 spiro atoms. The van der Waals surface area contributed by atoms with Gasteiger partial charge in [-0.3, -0.25) is 0 Å². The third-order valence-corrected chi connectivity index (χ3v) is 12.9. The summed E-state index contributed by atoms with van der Waals surface area (Å²) < 4.78 is 4.97. The summed E-state index contributed by atoms with van der Waals surface area (Å²) in [5, 5.41) is 12.5. The molecule has 3 atom stereocenters. The van der Waals surface area contributed by atoms with Crippen molar-refractivity contribution in [2.75, 3.05) is 0 Å². The van der Waals surface area contributed by atoms with E-state index in [1.165, 1.54) is 83.3 Å². The first-order valence-electron chi connectivity index (χ1n) is 21.0. The van der Waals surface area contributed by atoms with Gasteiger partial charge in [-0.2, -0.15) is 0 Å². The van der Waals surface area contributed by atoms with Crippen LogP contribution in [0.3, 0.4) is 0 Å². The predicted molar refractivity (Wildman–Crippen MR) is 244 cm³/mol. The van der Waals surface area contributed by atoms with Gasteiger partial charge in [-0.15, -0.1) is 0 Å². The van der Waals surface area contributed by atoms with Crippen LogP contribution in [0.25, 0.3) is 71.7 Å². The first-order chi connectivity index (χ1) is 28.8. The minimum absolute atomic E-state index is 0.0345. The number of benzene rings is 6. The molecule has 3 heterocycles. The number of allylic oxidation sites excluding steroid dienone is 5. The molecule has 2 aromatic heterocycles. The summed E-state index contributed by atoms with van der Waals surface area (Å²) in [6.45, 7) is 0. The summed E-state index contributed by atoms with van der Waals surface area (Å²) in [5.41, 5.74) is 9.87. The fourth-order valence-corrected chi connectivity index (χ4v) is 10.1. The van der Waals surface area contributed by atoms with Gasteiger partial charge in [0.15, 0.2) is 5.84 Å². The van der Waals surface area contributed by atoms with Crippen molar-refractivity contribution in [1.29, 1.82) is 0 Å². The normalized spacial score (nSPS) is 20.2. The Bertz CT molecular complexity index is 3130. The van der Waals surface area contributed by atoms with E-state index in [2.05, 4.69) is 178 Å². The summed E-state index contributed by atoms with van der Waals surface area (Å²) in [6.07, 6.45) is 24.6. The molecule has 0 amide bonds. The van der Waals surface area contributed by atoms with Crippen molar-refractivity contribution in [3.05, 3.63) is 175 Å². The van der Waals surface area contributed by atoms with E-state index in [9.17, 15) is 0 Å². The first kappa shape index (κ1) is 33.4. The zero-order valence-electron chi connectivity index (χ0n) is 32.4. The number of aromatic nitrogens is 2. The molecule has 280 valence electrons. The molecule has 3 aliphatic carbocycles. The number of aliphatic imine (C=N–C) groups is 2. The molecule has 6 aromatic carbocycles. The molecule has 0 saturated carbocycles. The smallest absolute Gasteiger partial charge is 0.159 e. The van der Waals surface area contributed by atoms with Crippen molar-refractivity contribution < 1.29 is 0 Å². The summed E-state index contributed by atoms with van der Waals surface area (Å²) in [4.78, 5) is 10.7. The summed E-state index contributed by atoms with van der Waals surface area (Å²) >= 11 is 0. The molecule has 0 fully saturated rings. The van der Waals surface area contributed by atoms with Gasteiger partial charge in [0.05, 0.1) is 22.2 Å². The highest BCUT2D eigenvalue weighted by molar-refractivity contribution is 6.17. The molecule has 0 bridgehead atoms. The molecule has 3 unspecified atom stereocenters. The highest BCUT2D eigenvalue weighted by atomic mass is 15.2. The molecule has 12 rings (SSSR count). The Labute approximate surface area is 337 Å². The second kappa shape index (κ2) is 13.5. The Morgan fingerprint density at radius 1 is 0.621 bits per heavy atom. The van der Waals surface area contributed by atoms with Gasteiger partial charge < -0.3 is 14.5 Å². The lowest BCUT2D eigenvalue weighted by Gasteiger charge is -2.32. The van der Waals surface area contributed by atoms with Crippen molar-refractivity contribution >= 4 is 72.0 Å². The van der Waals surface area contributed by atoms with Crippen molar-refractivity contribution in [3.8, 4) is 11.4 Å². The third-order valence-electron chi connectivity index (χ3n) is 12.9. The number of amidine groups is 2. The number of para-hydroxylation sites is 2. The molecular weight excluding hydrogens is 707 g/mol. The summed E-state index contributed by atoms with van der Waals surface area (Å²) in [7, 11) is 0. The third kappa shape index (κ3) is 5.30. The largest absolute Gasteiger partial charge is 0.351 e. The fourth-order valence-electron chi connectivity index (χ4n) is 10.1. The SMILES string of the molecule is C1=CCC(C2=NC(c3ccc(-n4c5c(c6cc7cc(-n8c9ccccc9c9ccccc98)ccc7cc64)C=CCC5)c4ccccc34)=NC(C3C=CCCC3)N2)C=C1. The summed E-state index contributed by atoms with van der Waals surface area (Å²) in [5.74, 6) is 2.42. The van der Waals surface area contributed by atoms with E-state index < -0.39 is 0 Å². The number of fused-ring (bicyclic) bond motifs is 8. The van der Waals surface area contributed by atoms with Crippen LogP contribution in [0.1, 0.15) is 48.9 Å². The number of hydrogen-bond donors (Lipinski definition) is 1. The van der Waals surface area contributed by atoms with E-state index in [-0.39, 0.29) is 12.1 Å². The minimum Gasteiger partial charge on any atom is -0.351 e. The first-order valence-corrected chi connectivity index (χ1v) is 21.0. The van der Waals surface area contributed by atoms with Gasteiger partial charge in [0, 0.05) is 55.9 Å². The van der Waals surface area contributed by atoms with Gasteiger partial charge in [0.2, 0.25) is 0 Å². The second-order valence-electron chi connectivity index (χ2n) is 16.3. The lowest BCUT2D eigenvalue weighted by atomic mass is 9.91. The Morgan fingerprint density at radius 3 is 2.22 bits per heavy atom. The maximum absolute atomic E-state index is 5.38. The Balaban J connectivity index is 1.02. The van der Waals surface area contributed by atoms with Crippen molar-refractivity contribution in [1.82, 2.24) is 14.5 Å². The molecule has 1 N–H and O–H groups in total. The minimum atomic E-state index is -0.0345. The Kier molecular flexibility index (Phi) is 7.75. The van der Waals surface area contributed by atoms with Gasteiger partial charge in [-0.05, 0) is 103 Å². The zero-order valence-corrected chi connectivity index (χ0v) is 32.4. The molecule has 1 aliphatic heterocycles. The van der Waals surface area contributed by atoms with Crippen molar-refractivity contribution in [3.63, 3.8) is 0 Å². The van der Waals surface area contributed by atoms with Gasteiger partial charge in [0.25, 0.3) is 0 Å². The lowest BCUT2D eigenvalue weighted by molar-refractivity contribution is 0.419. The van der Waals surface area contributed by atoms with Crippen molar-refractivity contribution in [2.45, 2.75) is 44.7 Å². The van der Waals surface area contributed by atoms with Crippen LogP contribution in [-0.4, -0.2) is 27.0 Å². The maximum atomic E-state index is 5.38. The molecule has 0 saturated heterocycles. The lowest BCUT2D eigenvalue weighted by Crippen LogP contribution is -2.45. The van der Waals surface area contributed by atoms with Crippen LogP contribution in [0.2, 0.25) is 0 Å². The fraction of sp³-hybridized carbons (Fsp3) is 0.170. The molecule has 5 heteroatoms. The van der Waals surface area contributed by atoms with Crippen LogP contribution < -0.4 is 5.32 Å². The van der Waals surface area contributed by atoms with Crippen LogP contribution >= 0.6 is 0 Å². The molecule has 4 aliphatic rings. The number of hydrogen-bond acceptors (Lipinski definition) is 3. The average Bonchev–Trinajstić information content (AvgIpc) is 3.80. The van der Waals surface area contributed by atoms with E-state index >= 15 is 0 Å². The Morgan fingerprint density at radius 2 is 1.43 bits per heavy atom. The van der Waals surface area contributed by atoms with Gasteiger partial charge in [0.1, 0.15) is 12.0 Å². The molecule has 58 heavy (non-hydrogen) atoms. The van der Waals surface area contributed by atoms with Crippen LogP contribution in [-0.2, 0) is 6.42 Å². The maximum Gasteiger partial charge on any atom is 0.159 e. The number of nitrogens with zero attached hydrogens (tertiary/aromatic N) is 4.